The first-order valence-electron chi connectivity index (χ1n) is 3.95. The van der Waals surface area contributed by atoms with Crippen LogP contribution in [0.2, 0.25) is 0 Å². The van der Waals surface area contributed by atoms with Crippen LogP contribution in [-0.2, 0) is 0 Å². The van der Waals surface area contributed by atoms with Gasteiger partial charge in [-0.3, -0.25) is 5.43 Å². The second-order valence-electron chi connectivity index (χ2n) is 2.92. The van der Waals surface area contributed by atoms with E-state index in [0.29, 0.717) is 0 Å². The normalized spacial score (nSPS) is 24.0. The van der Waals surface area contributed by atoms with Crippen molar-refractivity contribution in [3.63, 3.8) is 0 Å². The first-order chi connectivity index (χ1) is 4.97. The van der Waals surface area contributed by atoms with E-state index in [9.17, 15) is 0 Å². The topological polar surface area (TPSA) is 24.4 Å². The second-order valence-corrected chi connectivity index (χ2v) is 2.92. The molecule has 1 N–H and O–H groups in total. The lowest BCUT2D eigenvalue weighted by Gasteiger charge is -2.21. The van der Waals surface area contributed by atoms with Crippen LogP contribution in [-0.4, -0.2) is 6.21 Å². The largest absolute Gasteiger partial charge is 0.283 e. The fourth-order valence-electron chi connectivity index (χ4n) is 1.61. The van der Waals surface area contributed by atoms with Crippen molar-refractivity contribution in [1.82, 2.24) is 5.43 Å². The third kappa shape index (κ3) is 0.939. The van der Waals surface area contributed by atoms with E-state index in [4.69, 9.17) is 0 Å². The Hall–Kier alpha value is -0.790. The van der Waals surface area contributed by atoms with Crippen LogP contribution in [0, 0.1) is 0 Å². The molecule has 0 radical (unpaired) electrons. The molecule has 0 aromatic carbocycles. The van der Waals surface area contributed by atoms with Gasteiger partial charge in [-0.2, -0.15) is 5.10 Å². The molecule has 0 bridgehead atoms. The smallest absolute Gasteiger partial charge is 0.0331 e. The second kappa shape index (κ2) is 2.45. The number of rotatable bonds is 0. The van der Waals surface area contributed by atoms with E-state index in [2.05, 4.69) is 10.5 Å². The molecule has 1 aliphatic carbocycles. The standard InChI is InChI=1S/C8H12N2/c1-2-4-8-7(3-1)5-6-9-10-8/h6,10H,1-5H2. The van der Waals surface area contributed by atoms with E-state index in [1.165, 1.54) is 31.4 Å². The Morgan fingerprint density at radius 3 is 3.10 bits per heavy atom. The van der Waals surface area contributed by atoms with Crippen LogP contribution in [0.4, 0.5) is 0 Å². The van der Waals surface area contributed by atoms with Gasteiger partial charge >= 0.3 is 0 Å². The minimum absolute atomic E-state index is 1.09. The van der Waals surface area contributed by atoms with Gasteiger partial charge in [-0.05, 0) is 31.3 Å². The summed E-state index contributed by atoms with van der Waals surface area (Å²) in [6.07, 6.45) is 8.25. The Balaban J connectivity index is 2.17. The van der Waals surface area contributed by atoms with Gasteiger partial charge in [0.15, 0.2) is 0 Å². The molecule has 0 saturated carbocycles. The van der Waals surface area contributed by atoms with Crippen molar-refractivity contribution in [2.24, 2.45) is 5.10 Å². The first-order valence-corrected chi connectivity index (χ1v) is 3.95. The van der Waals surface area contributed by atoms with Gasteiger partial charge in [-0.25, -0.2) is 0 Å². The van der Waals surface area contributed by atoms with Crippen molar-refractivity contribution in [3.8, 4) is 0 Å². The molecule has 0 saturated heterocycles. The summed E-state index contributed by atoms with van der Waals surface area (Å²) in [6.45, 7) is 0. The van der Waals surface area contributed by atoms with Crippen LogP contribution in [0.15, 0.2) is 16.4 Å². The quantitative estimate of drug-likeness (QED) is 0.539. The van der Waals surface area contributed by atoms with Crippen molar-refractivity contribution in [2.75, 3.05) is 0 Å². The summed E-state index contributed by atoms with van der Waals surface area (Å²) in [7, 11) is 0. The first kappa shape index (κ1) is 5.96. The van der Waals surface area contributed by atoms with E-state index in [0.717, 1.165) is 6.42 Å². The molecule has 2 aliphatic rings. The predicted molar refractivity (Wildman–Crippen MR) is 41.7 cm³/mol. The molecule has 0 fully saturated rings. The molecule has 0 atom stereocenters. The highest BCUT2D eigenvalue weighted by molar-refractivity contribution is 5.63. The maximum absolute atomic E-state index is 4.03. The van der Waals surface area contributed by atoms with Crippen molar-refractivity contribution in [3.05, 3.63) is 11.3 Å². The van der Waals surface area contributed by atoms with E-state index >= 15 is 0 Å². The maximum atomic E-state index is 4.03. The fourth-order valence-corrected chi connectivity index (χ4v) is 1.61. The van der Waals surface area contributed by atoms with Crippen LogP contribution in [0.1, 0.15) is 32.1 Å². The highest BCUT2D eigenvalue weighted by Gasteiger charge is 2.12. The van der Waals surface area contributed by atoms with Crippen molar-refractivity contribution in [2.45, 2.75) is 32.1 Å². The van der Waals surface area contributed by atoms with E-state index in [1.807, 2.05) is 6.21 Å². The zero-order chi connectivity index (χ0) is 6.81. The summed E-state index contributed by atoms with van der Waals surface area (Å²) in [6, 6.07) is 0. The van der Waals surface area contributed by atoms with Gasteiger partial charge in [-0.1, -0.05) is 0 Å². The van der Waals surface area contributed by atoms with Gasteiger partial charge in [0.1, 0.15) is 0 Å². The molecule has 10 heavy (non-hydrogen) atoms. The van der Waals surface area contributed by atoms with Crippen LogP contribution in [0.5, 0.6) is 0 Å². The summed E-state index contributed by atoms with van der Waals surface area (Å²) in [5.74, 6) is 0. The molecule has 54 valence electrons. The summed E-state index contributed by atoms with van der Waals surface area (Å²) >= 11 is 0. The molecule has 0 aromatic heterocycles. The predicted octanol–water partition coefficient (Wildman–Crippen LogP) is 1.79. The van der Waals surface area contributed by atoms with E-state index in [1.54, 1.807) is 5.57 Å². The maximum Gasteiger partial charge on any atom is 0.0331 e. The molecule has 0 amide bonds. The summed E-state index contributed by atoms with van der Waals surface area (Å²) in [4.78, 5) is 0. The summed E-state index contributed by atoms with van der Waals surface area (Å²) in [5.41, 5.74) is 6.05. The SMILES string of the molecule is C1=NNC2=C(C1)CCCC2. The zero-order valence-electron chi connectivity index (χ0n) is 6.06. The van der Waals surface area contributed by atoms with Crippen molar-refractivity contribution in [1.29, 1.82) is 0 Å². The van der Waals surface area contributed by atoms with Gasteiger partial charge in [0.2, 0.25) is 0 Å². The van der Waals surface area contributed by atoms with Crippen LogP contribution >= 0.6 is 0 Å². The van der Waals surface area contributed by atoms with Crippen molar-refractivity contribution < 1.29 is 0 Å². The average molecular weight is 136 g/mol. The molecule has 0 aromatic rings. The number of hydrazone groups is 1. The molecule has 1 heterocycles. The number of allylic oxidation sites excluding steroid dienone is 2. The zero-order valence-corrected chi connectivity index (χ0v) is 6.06. The molecule has 1 aliphatic heterocycles. The van der Waals surface area contributed by atoms with E-state index in [-0.39, 0.29) is 0 Å². The van der Waals surface area contributed by atoms with Gasteiger partial charge < -0.3 is 0 Å². The number of nitrogens with zero attached hydrogens (tertiary/aromatic N) is 1. The van der Waals surface area contributed by atoms with Crippen molar-refractivity contribution >= 4 is 6.21 Å². The third-order valence-corrected chi connectivity index (χ3v) is 2.21. The summed E-state index contributed by atoms with van der Waals surface area (Å²) in [5, 5.41) is 4.03. The Morgan fingerprint density at radius 2 is 2.20 bits per heavy atom. The minimum atomic E-state index is 1.09. The van der Waals surface area contributed by atoms with Gasteiger partial charge in [0.05, 0.1) is 0 Å². The third-order valence-electron chi connectivity index (χ3n) is 2.21. The lowest BCUT2D eigenvalue weighted by Crippen LogP contribution is -2.16. The average Bonchev–Trinajstić information content (AvgIpc) is 2.05. The molecule has 2 nitrogen and oxygen atoms in total. The number of nitrogens with one attached hydrogen (secondary N) is 1. The summed E-state index contributed by atoms with van der Waals surface area (Å²) < 4.78 is 0. The molecule has 2 heteroatoms. The van der Waals surface area contributed by atoms with Gasteiger partial charge in [-0.15, -0.1) is 0 Å². The lowest BCUT2D eigenvalue weighted by molar-refractivity contribution is 0.612. The van der Waals surface area contributed by atoms with Gasteiger partial charge in [0.25, 0.3) is 0 Å². The van der Waals surface area contributed by atoms with E-state index < -0.39 is 0 Å². The molecule has 0 spiro atoms. The molecule has 2 rings (SSSR count). The highest BCUT2D eigenvalue weighted by Crippen LogP contribution is 2.25. The molecular weight excluding hydrogens is 124 g/mol. The Labute approximate surface area is 61.0 Å². The lowest BCUT2D eigenvalue weighted by atomic mass is 9.94. The number of hydrogen-bond donors (Lipinski definition) is 1. The molecular formula is C8H12N2. The Kier molecular flexibility index (Phi) is 1.46. The van der Waals surface area contributed by atoms with Crippen LogP contribution in [0.25, 0.3) is 0 Å². The monoisotopic (exact) mass is 136 g/mol. The van der Waals surface area contributed by atoms with Gasteiger partial charge in [0, 0.05) is 18.3 Å². The fraction of sp³-hybridized carbons (Fsp3) is 0.625. The van der Waals surface area contributed by atoms with Crippen LogP contribution < -0.4 is 5.43 Å². The molecule has 0 unspecified atom stereocenters. The van der Waals surface area contributed by atoms with Crippen LogP contribution in [0.3, 0.4) is 0 Å². The minimum Gasteiger partial charge on any atom is -0.283 e. The number of hydrogen-bond acceptors (Lipinski definition) is 2. The Bertz CT molecular complexity index is 171. The Morgan fingerprint density at radius 1 is 1.30 bits per heavy atom. The highest BCUT2D eigenvalue weighted by atomic mass is 15.3.